The SMILES string of the molecule is Cc1nc2ccc(N(C)C(=O)C(N)C(=O)O)cc2[nH]1. The molecular formula is C12H14N4O3. The van der Waals surface area contributed by atoms with Gasteiger partial charge in [-0.1, -0.05) is 0 Å². The molecule has 1 heterocycles. The third-order valence-electron chi connectivity index (χ3n) is 2.83. The van der Waals surface area contributed by atoms with E-state index in [1.165, 1.54) is 11.9 Å². The maximum atomic E-state index is 11.8. The second-order valence-electron chi connectivity index (χ2n) is 4.24. The van der Waals surface area contributed by atoms with Gasteiger partial charge in [0.1, 0.15) is 5.82 Å². The molecule has 4 N–H and O–H groups in total. The van der Waals surface area contributed by atoms with Crippen LogP contribution in [0.5, 0.6) is 0 Å². The topological polar surface area (TPSA) is 112 Å². The normalized spacial score (nSPS) is 12.4. The lowest BCUT2D eigenvalue weighted by molar-refractivity contribution is -0.142. The molecule has 0 saturated heterocycles. The fourth-order valence-electron chi connectivity index (χ4n) is 1.78. The highest BCUT2D eigenvalue weighted by Gasteiger charge is 2.25. The van der Waals surface area contributed by atoms with Crippen molar-refractivity contribution < 1.29 is 14.7 Å². The molecule has 1 unspecified atom stereocenters. The number of carboxylic acid groups (broad SMARTS) is 1. The fourth-order valence-corrected chi connectivity index (χ4v) is 1.78. The first-order valence-electron chi connectivity index (χ1n) is 5.62. The number of carbonyl (C=O) groups is 2. The van der Waals surface area contributed by atoms with E-state index in [9.17, 15) is 9.59 Å². The Balaban J connectivity index is 2.33. The number of aryl methyl sites for hydroxylation is 1. The number of aliphatic carboxylic acids is 1. The highest BCUT2D eigenvalue weighted by atomic mass is 16.4. The molecule has 0 radical (unpaired) electrons. The average Bonchev–Trinajstić information content (AvgIpc) is 2.74. The molecule has 2 aromatic rings. The first kappa shape index (κ1) is 13.0. The van der Waals surface area contributed by atoms with Crippen LogP contribution in [-0.4, -0.2) is 40.0 Å². The van der Waals surface area contributed by atoms with Gasteiger partial charge in [0, 0.05) is 12.7 Å². The van der Waals surface area contributed by atoms with Crippen molar-refractivity contribution in [1.29, 1.82) is 0 Å². The highest BCUT2D eigenvalue weighted by molar-refractivity contribution is 6.09. The van der Waals surface area contributed by atoms with Crippen LogP contribution < -0.4 is 10.6 Å². The van der Waals surface area contributed by atoms with E-state index in [1.807, 2.05) is 6.92 Å². The largest absolute Gasteiger partial charge is 0.480 e. The van der Waals surface area contributed by atoms with E-state index in [1.54, 1.807) is 18.2 Å². The number of benzene rings is 1. The van der Waals surface area contributed by atoms with Crippen molar-refractivity contribution in [3.8, 4) is 0 Å². The number of nitrogens with zero attached hydrogens (tertiary/aromatic N) is 2. The van der Waals surface area contributed by atoms with Gasteiger partial charge in [-0.25, -0.2) is 9.78 Å². The van der Waals surface area contributed by atoms with E-state index in [-0.39, 0.29) is 0 Å². The van der Waals surface area contributed by atoms with Crippen LogP contribution in [-0.2, 0) is 9.59 Å². The minimum atomic E-state index is -1.57. The number of H-pyrrole nitrogens is 1. The predicted molar refractivity (Wildman–Crippen MR) is 69.9 cm³/mol. The standard InChI is InChI=1S/C12H14N4O3/c1-6-14-8-4-3-7(5-9(8)15-6)16(2)11(17)10(13)12(18)19/h3-5,10H,13H2,1-2H3,(H,14,15)(H,18,19). The summed E-state index contributed by atoms with van der Waals surface area (Å²) in [7, 11) is 1.48. The maximum Gasteiger partial charge on any atom is 0.330 e. The monoisotopic (exact) mass is 262 g/mol. The zero-order valence-electron chi connectivity index (χ0n) is 10.5. The molecule has 0 spiro atoms. The van der Waals surface area contributed by atoms with Crippen LogP contribution in [0.4, 0.5) is 5.69 Å². The van der Waals surface area contributed by atoms with Gasteiger partial charge in [-0.05, 0) is 25.1 Å². The number of likely N-dealkylation sites (N-methyl/N-ethyl adjacent to an activating group) is 1. The molecule has 19 heavy (non-hydrogen) atoms. The van der Waals surface area contributed by atoms with Crippen molar-refractivity contribution >= 4 is 28.6 Å². The number of nitrogens with one attached hydrogen (secondary N) is 1. The molecule has 0 bridgehead atoms. The molecule has 0 aliphatic heterocycles. The summed E-state index contributed by atoms with van der Waals surface area (Å²) in [5.74, 6) is -1.26. The van der Waals surface area contributed by atoms with E-state index in [4.69, 9.17) is 10.8 Å². The van der Waals surface area contributed by atoms with E-state index in [0.29, 0.717) is 5.69 Å². The number of aromatic nitrogens is 2. The molecule has 1 amide bonds. The minimum Gasteiger partial charge on any atom is -0.480 e. The number of hydrogen-bond donors (Lipinski definition) is 3. The van der Waals surface area contributed by atoms with Crippen molar-refractivity contribution in [3.05, 3.63) is 24.0 Å². The van der Waals surface area contributed by atoms with Crippen LogP contribution in [0.15, 0.2) is 18.2 Å². The molecule has 1 aromatic heterocycles. The van der Waals surface area contributed by atoms with Gasteiger partial charge < -0.3 is 20.7 Å². The average molecular weight is 262 g/mol. The molecule has 0 aliphatic carbocycles. The summed E-state index contributed by atoms with van der Waals surface area (Å²) < 4.78 is 0. The smallest absolute Gasteiger partial charge is 0.330 e. The summed E-state index contributed by atoms with van der Waals surface area (Å²) in [6.07, 6.45) is 0. The van der Waals surface area contributed by atoms with E-state index >= 15 is 0 Å². The number of hydrogen-bond acceptors (Lipinski definition) is 4. The summed E-state index contributed by atoms with van der Waals surface area (Å²) in [5.41, 5.74) is 7.42. The van der Waals surface area contributed by atoms with Crippen LogP contribution in [0, 0.1) is 6.92 Å². The van der Waals surface area contributed by atoms with Gasteiger partial charge in [0.25, 0.3) is 5.91 Å². The summed E-state index contributed by atoms with van der Waals surface area (Å²) >= 11 is 0. The molecule has 0 aliphatic rings. The Bertz CT molecular complexity index is 649. The quantitative estimate of drug-likeness (QED) is 0.686. The van der Waals surface area contributed by atoms with Crippen molar-refractivity contribution in [2.45, 2.75) is 13.0 Å². The van der Waals surface area contributed by atoms with Gasteiger partial charge in [0.05, 0.1) is 11.0 Å². The Morgan fingerprint density at radius 1 is 1.47 bits per heavy atom. The number of aromatic amines is 1. The molecule has 1 aromatic carbocycles. The van der Waals surface area contributed by atoms with Gasteiger partial charge in [-0.2, -0.15) is 0 Å². The van der Waals surface area contributed by atoms with Crippen LogP contribution in [0.3, 0.4) is 0 Å². The lowest BCUT2D eigenvalue weighted by Crippen LogP contribution is -2.46. The summed E-state index contributed by atoms with van der Waals surface area (Å²) in [6.45, 7) is 1.83. The zero-order chi connectivity index (χ0) is 14.2. The minimum absolute atomic E-state index is 0.554. The number of imidazole rings is 1. The van der Waals surface area contributed by atoms with Gasteiger partial charge in [-0.15, -0.1) is 0 Å². The Hall–Kier alpha value is -2.41. The van der Waals surface area contributed by atoms with Crippen LogP contribution in [0.25, 0.3) is 11.0 Å². The van der Waals surface area contributed by atoms with Gasteiger partial charge in [-0.3, -0.25) is 4.79 Å². The van der Waals surface area contributed by atoms with Crippen molar-refractivity contribution in [2.75, 3.05) is 11.9 Å². The molecule has 7 heteroatoms. The van der Waals surface area contributed by atoms with Crippen molar-refractivity contribution in [3.63, 3.8) is 0 Å². The number of fused-ring (bicyclic) bond motifs is 1. The number of carboxylic acids is 1. The summed E-state index contributed by atoms with van der Waals surface area (Å²) in [5, 5.41) is 8.73. The van der Waals surface area contributed by atoms with Crippen molar-refractivity contribution in [1.82, 2.24) is 9.97 Å². The van der Waals surface area contributed by atoms with Gasteiger partial charge in [0.2, 0.25) is 0 Å². The second kappa shape index (κ2) is 4.69. The van der Waals surface area contributed by atoms with E-state index < -0.39 is 17.9 Å². The highest BCUT2D eigenvalue weighted by Crippen LogP contribution is 2.20. The molecular weight excluding hydrogens is 248 g/mol. The van der Waals surface area contributed by atoms with Gasteiger partial charge >= 0.3 is 5.97 Å². The van der Waals surface area contributed by atoms with Crippen LogP contribution >= 0.6 is 0 Å². The Labute approximate surface area is 109 Å². The van der Waals surface area contributed by atoms with Crippen molar-refractivity contribution in [2.24, 2.45) is 5.73 Å². The number of amides is 1. The number of anilines is 1. The molecule has 0 saturated carbocycles. The zero-order valence-corrected chi connectivity index (χ0v) is 10.5. The molecule has 7 nitrogen and oxygen atoms in total. The fraction of sp³-hybridized carbons (Fsp3) is 0.250. The number of carbonyl (C=O) groups excluding carboxylic acids is 1. The van der Waals surface area contributed by atoms with Crippen LogP contribution in [0.2, 0.25) is 0 Å². The summed E-state index contributed by atoms with van der Waals surface area (Å²) in [6, 6.07) is 3.60. The number of nitrogens with two attached hydrogens (primary N) is 1. The maximum absolute atomic E-state index is 11.8. The third-order valence-corrected chi connectivity index (χ3v) is 2.83. The Morgan fingerprint density at radius 2 is 2.16 bits per heavy atom. The third kappa shape index (κ3) is 2.41. The predicted octanol–water partition coefficient (Wildman–Crippen LogP) is 0.246. The second-order valence-corrected chi connectivity index (χ2v) is 4.24. The molecule has 2 rings (SSSR count). The summed E-state index contributed by atoms with van der Waals surface area (Å²) in [4.78, 5) is 31.0. The van der Waals surface area contributed by atoms with E-state index in [2.05, 4.69) is 9.97 Å². The molecule has 1 atom stereocenters. The first-order chi connectivity index (χ1) is 8.90. The molecule has 0 fully saturated rings. The van der Waals surface area contributed by atoms with E-state index in [0.717, 1.165) is 16.9 Å². The first-order valence-corrected chi connectivity index (χ1v) is 5.62. The lowest BCUT2D eigenvalue weighted by atomic mass is 10.2. The lowest BCUT2D eigenvalue weighted by Gasteiger charge is -2.19. The van der Waals surface area contributed by atoms with Crippen LogP contribution in [0.1, 0.15) is 5.82 Å². The van der Waals surface area contributed by atoms with Gasteiger partial charge in [0.15, 0.2) is 6.04 Å². The number of rotatable bonds is 3. The molecule has 100 valence electrons. The Kier molecular flexibility index (Phi) is 3.22. The Morgan fingerprint density at radius 3 is 2.79 bits per heavy atom.